The van der Waals surface area contributed by atoms with Gasteiger partial charge in [0, 0.05) is 16.3 Å². The molecule has 0 spiro atoms. The summed E-state index contributed by atoms with van der Waals surface area (Å²) in [5.41, 5.74) is 18.7. The van der Waals surface area contributed by atoms with Crippen LogP contribution in [0.3, 0.4) is 0 Å². The van der Waals surface area contributed by atoms with Gasteiger partial charge in [-0.15, -0.1) is 16.4 Å². The summed E-state index contributed by atoms with van der Waals surface area (Å²) in [6, 6.07) is 50.6. The second-order valence-electron chi connectivity index (χ2n) is 13.7. The van der Waals surface area contributed by atoms with Gasteiger partial charge in [0.2, 0.25) is 0 Å². The van der Waals surface area contributed by atoms with E-state index in [0.29, 0.717) is 0 Å². The van der Waals surface area contributed by atoms with Crippen LogP contribution in [0.4, 0.5) is 0 Å². The van der Waals surface area contributed by atoms with Crippen molar-refractivity contribution >= 4 is 110 Å². The molecule has 0 saturated heterocycles. The van der Waals surface area contributed by atoms with Crippen LogP contribution in [-0.2, 0) is 0 Å². The highest BCUT2D eigenvalue weighted by atomic mass is 16.3. The minimum absolute atomic E-state index is 0.907. The molecule has 8 aromatic carbocycles. The van der Waals surface area contributed by atoms with Crippen molar-refractivity contribution in [2.45, 2.75) is 0 Å². The molecule has 0 aliphatic carbocycles. The normalized spacial score (nSPS) is 11.6. The van der Waals surface area contributed by atoms with E-state index >= 15 is 0 Å². The molecule has 50 heavy (non-hydrogen) atoms. The second kappa shape index (κ2) is 11.8. The third-order valence-electron chi connectivity index (χ3n) is 11.3. The number of rotatable bonds is 4. The van der Waals surface area contributed by atoms with Crippen molar-refractivity contribution in [1.29, 1.82) is 0 Å². The topological polar surface area (TPSA) is 13.1 Å². The van der Waals surface area contributed by atoms with Crippen LogP contribution in [0.1, 0.15) is 0 Å². The Morgan fingerprint density at radius 1 is 0.300 bits per heavy atom. The molecule has 6 heteroatoms. The average Bonchev–Trinajstić information content (AvgIpc) is 3.55. The summed E-state index contributed by atoms with van der Waals surface area (Å²) in [5, 5.41) is 7.43. The van der Waals surface area contributed by atoms with Gasteiger partial charge in [-0.25, -0.2) is 0 Å². The molecular formula is C44H33B5O. The minimum Gasteiger partial charge on any atom is -0.456 e. The summed E-state index contributed by atoms with van der Waals surface area (Å²) in [6.45, 7) is 0. The number of hydrogen-bond donors (Lipinski definition) is 0. The molecule has 0 aliphatic rings. The maximum Gasteiger partial charge on any atom is 0.139 e. The van der Waals surface area contributed by atoms with Crippen LogP contribution in [0.2, 0.25) is 0 Å². The van der Waals surface area contributed by atoms with E-state index in [0.717, 1.165) is 21.9 Å². The Hall–Kier alpha value is -5.60. The van der Waals surface area contributed by atoms with Gasteiger partial charge in [0.1, 0.15) is 50.4 Å². The first-order valence-corrected chi connectivity index (χ1v) is 17.5. The molecule has 0 fully saturated rings. The predicted molar refractivity (Wildman–Crippen MR) is 231 cm³/mol. The van der Waals surface area contributed by atoms with Crippen LogP contribution in [0.5, 0.6) is 0 Å². The second-order valence-corrected chi connectivity index (χ2v) is 13.7. The number of furan rings is 1. The number of hydrogen-bond acceptors (Lipinski definition) is 1. The highest BCUT2D eigenvalue weighted by molar-refractivity contribution is 6.69. The van der Waals surface area contributed by atoms with Gasteiger partial charge in [-0.1, -0.05) is 138 Å². The first-order valence-electron chi connectivity index (χ1n) is 17.5. The smallest absolute Gasteiger partial charge is 0.139 e. The van der Waals surface area contributed by atoms with E-state index in [-0.39, 0.29) is 0 Å². The number of fused-ring (bicyclic) bond motifs is 5. The van der Waals surface area contributed by atoms with Crippen molar-refractivity contribution in [2.24, 2.45) is 0 Å². The Labute approximate surface area is 297 Å². The van der Waals surface area contributed by atoms with Gasteiger partial charge < -0.3 is 4.42 Å². The largest absolute Gasteiger partial charge is 0.456 e. The monoisotopic (exact) mass is 632 g/mol. The molecule has 1 aromatic heterocycles. The molecular weight excluding hydrogens is 599 g/mol. The fourth-order valence-electron chi connectivity index (χ4n) is 8.36. The number of benzene rings is 8. The van der Waals surface area contributed by atoms with Crippen LogP contribution in [0.15, 0.2) is 144 Å². The zero-order valence-corrected chi connectivity index (χ0v) is 29.2. The summed E-state index contributed by atoms with van der Waals surface area (Å²) in [5.74, 6) is 0. The van der Waals surface area contributed by atoms with E-state index in [2.05, 4.69) is 173 Å². The molecule has 0 bridgehead atoms. The molecule has 1 heterocycles. The Balaban J connectivity index is 1.31. The Bertz CT molecular complexity index is 2720. The fourth-order valence-corrected chi connectivity index (χ4v) is 8.36. The van der Waals surface area contributed by atoms with Crippen molar-refractivity contribution < 1.29 is 4.42 Å². The summed E-state index contributed by atoms with van der Waals surface area (Å²) in [7, 11) is 11.4. The lowest BCUT2D eigenvalue weighted by Crippen LogP contribution is -2.55. The van der Waals surface area contributed by atoms with Gasteiger partial charge in [0.25, 0.3) is 0 Å². The molecule has 9 rings (SSSR count). The molecule has 0 atom stereocenters. The van der Waals surface area contributed by atoms with Crippen LogP contribution < -0.4 is 27.3 Å². The standard InChI is InChI=1S/C44H33B5O/c45-40-39(41(46)43(48)44(49)42(40)47)37-30-14-6-4-12-28(30)35(29-13-5-7-15-31(29)37)25-18-20-26(21-19-25)36-27(24-10-2-1-3-11-24)22-23-34-38(36)32-16-8-9-17-33(32)50-34/h1-23H,45-49H2. The molecule has 0 aliphatic heterocycles. The van der Waals surface area contributed by atoms with Crippen molar-refractivity contribution in [3.05, 3.63) is 140 Å². The third-order valence-corrected chi connectivity index (χ3v) is 11.3. The Morgan fingerprint density at radius 2 is 0.760 bits per heavy atom. The number of para-hydroxylation sites is 1. The van der Waals surface area contributed by atoms with Gasteiger partial charge in [-0.3, -0.25) is 0 Å². The minimum atomic E-state index is 0.907. The van der Waals surface area contributed by atoms with Gasteiger partial charge in [-0.05, 0) is 72.6 Å². The molecule has 9 aromatic rings. The summed E-state index contributed by atoms with van der Waals surface area (Å²) < 4.78 is 6.38. The first-order chi connectivity index (χ1) is 24.4. The van der Waals surface area contributed by atoms with Gasteiger partial charge >= 0.3 is 0 Å². The van der Waals surface area contributed by atoms with E-state index < -0.39 is 0 Å². The van der Waals surface area contributed by atoms with Crippen LogP contribution in [0.25, 0.3) is 88.0 Å². The van der Waals surface area contributed by atoms with Crippen molar-refractivity contribution in [1.82, 2.24) is 0 Å². The van der Waals surface area contributed by atoms with Gasteiger partial charge in [0.15, 0.2) is 0 Å². The lowest BCUT2D eigenvalue weighted by Gasteiger charge is -2.24. The van der Waals surface area contributed by atoms with Crippen LogP contribution >= 0.6 is 0 Å². The quantitative estimate of drug-likeness (QED) is 0.213. The van der Waals surface area contributed by atoms with E-state index in [1.54, 1.807) is 0 Å². The first kappa shape index (κ1) is 30.5. The van der Waals surface area contributed by atoms with Gasteiger partial charge in [-0.2, -0.15) is 0 Å². The van der Waals surface area contributed by atoms with E-state index in [1.807, 2.05) is 6.07 Å². The summed E-state index contributed by atoms with van der Waals surface area (Å²) in [6.07, 6.45) is 0. The highest BCUT2D eigenvalue weighted by Crippen LogP contribution is 2.45. The SMILES string of the molecule is Bc1c(B)c(B)c(-c2c3ccccc3c(-c3ccc(-c4c(-c5ccccc5)ccc5oc6ccccc6c45)cc3)c3ccccc23)c(B)c1B. The summed E-state index contributed by atoms with van der Waals surface area (Å²) >= 11 is 0. The summed E-state index contributed by atoms with van der Waals surface area (Å²) in [4.78, 5) is 0. The van der Waals surface area contributed by atoms with E-state index in [9.17, 15) is 0 Å². The Kier molecular flexibility index (Phi) is 7.18. The molecule has 0 saturated carbocycles. The lowest BCUT2D eigenvalue weighted by atomic mass is 9.59. The molecule has 0 radical (unpaired) electrons. The predicted octanol–water partition coefficient (Wildman–Crippen LogP) is 3.85. The molecule has 1 nitrogen and oxygen atoms in total. The maximum atomic E-state index is 6.38. The molecule has 0 N–H and O–H groups in total. The molecule has 0 amide bonds. The molecule has 230 valence electrons. The van der Waals surface area contributed by atoms with Crippen molar-refractivity contribution in [2.75, 3.05) is 0 Å². The Morgan fingerprint density at radius 3 is 1.34 bits per heavy atom. The highest BCUT2D eigenvalue weighted by Gasteiger charge is 2.22. The molecule has 0 unspecified atom stereocenters. The van der Waals surface area contributed by atoms with E-state index in [4.69, 9.17) is 4.42 Å². The van der Waals surface area contributed by atoms with E-state index in [1.165, 1.54) is 93.4 Å². The van der Waals surface area contributed by atoms with Gasteiger partial charge in [0.05, 0.1) is 0 Å². The van der Waals surface area contributed by atoms with Crippen molar-refractivity contribution in [3.8, 4) is 44.5 Å². The average molecular weight is 632 g/mol. The van der Waals surface area contributed by atoms with Crippen molar-refractivity contribution in [3.63, 3.8) is 0 Å². The third kappa shape index (κ3) is 4.55. The van der Waals surface area contributed by atoms with Crippen LogP contribution in [-0.4, -0.2) is 39.2 Å². The lowest BCUT2D eigenvalue weighted by molar-refractivity contribution is 0.669. The fraction of sp³-hybridized carbons (Fsp3) is 0. The maximum absolute atomic E-state index is 6.38. The zero-order valence-electron chi connectivity index (χ0n) is 29.2. The van der Waals surface area contributed by atoms with Crippen LogP contribution in [0, 0.1) is 0 Å². The zero-order chi connectivity index (χ0) is 34.1.